The normalized spacial score (nSPS) is 18.3. The Kier molecular flexibility index (Phi) is 5.70. The molecule has 1 aromatic heterocycles. The van der Waals surface area contributed by atoms with Crippen molar-refractivity contribution in [3.05, 3.63) is 65.8 Å². The second-order valence-electron chi connectivity index (χ2n) is 8.94. The molecule has 3 aromatic rings. The first-order valence-corrected chi connectivity index (χ1v) is 11.8. The van der Waals surface area contributed by atoms with E-state index in [0.717, 1.165) is 12.0 Å². The number of benzene rings is 2. The molecule has 31 heavy (non-hydrogen) atoms. The third-order valence-electron chi connectivity index (χ3n) is 5.64. The van der Waals surface area contributed by atoms with Crippen molar-refractivity contribution in [1.29, 1.82) is 0 Å². The standard InChI is InChI=1S/C23H26FN3O3S/c1-23(2,3)18-8-12-20(13-9-18)31(28,29)27-14-4-5-17(15-27)22-25-21(26-30-22)16-6-10-19(24)11-7-16/h6-13,17H,4-5,14-15H2,1-3H3/t17-/m0/s1. The molecular weight excluding hydrogens is 417 g/mol. The minimum atomic E-state index is -3.61. The summed E-state index contributed by atoms with van der Waals surface area (Å²) in [6.07, 6.45) is 1.47. The number of rotatable bonds is 4. The number of halogens is 1. The van der Waals surface area contributed by atoms with Crippen LogP contribution in [0.5, 0.6) is 0 Å². The van der Waals surface area contributed by atoms with Gasteiger partial charge in [0, 0.05) is 18.7 Å². The summed E-state index contributed by atoms with van der Waals surface area (Å²) in [6.45, 7) is 7.02. The smallest absolute Gasteiger partial charge is 0.243 e. The average molecular weight is 444 g/mol. The van der Waals surface area contributed by atoms with Crippen LogP contribution in [-0.4, -0.2) is 36.0 Å². The molecule has 164 valence electrons. The van der Waals surface area contributed by atoms with E-state index in [4.69, 9.17) is 4.52 Å². The number of nitrogens with zero attached hydrogens (tertiary/aromatic N) is 3. The Bertz CT molecular complexity index is 1150. The van der Waals surface area contributed by atoms with Crippen LogP contribution in [0.1, 0.15) is 51.0 Å². The second kappa shape index (κ2) is 8.16. The first kappa shape index (κ1) is 21.6. The number of aromatic nitrogens is 2. The van der Waals surface area contributed by atoms with E-state index in [9.17, 15) is 12.8 Å². The van der Waals surface area contributed by atoms with Crippen LogP contribution < -0.4 is 0 Å². The zero-order valence-electron chi connectivity index (χ0n) is 17.9. The number of hydrogen-bond acceptors (Lipinski definition) is 5. The molecule has 0 N–H and O–H groups in total. The van der Waals surface area contributed by atoms with Crippen molar-refractivity contribution in [1.82, 2.24) is 14.4 Å². The summed E-state index contributed by atoms with van der Waals surface area (Å²) in [4.78, 5) is 4.73. The third-order valence-corrected chi connectivity index (χ3v) is 7.52. The van der Waals surface area contributed by atoms with Crippen LogP contribution in [0.25, 0.3) is 11.4 Å². The first-order valence-electron chi connectivity index (χ1n) is 10.3. The van der Waals surface area contributed by atoms with Gasteiger partial charge in [0.2, 0.25) is 21.7 Å². The molecule has 2 heterocycles. The minimum Gasteiger partial charge on any atom is -0.339 e. The number of piperidine rings is 1. The largest absolute Gasteiger partial charge is 0.339 e. The predicted molar refractivity (Wildman–Crippen MR) is 116 cm³/mol. The molecule has 1 aliphatic heterocycles. The van der Waals surface area contributed by atoms with E-state index >= 15 is 0 Å². The number of sulfonamides is 1. The van der Waals surface area contributed by atoms with Crippen LogP contribution in [0, 0.1) is 5.82 Å². The van der Waals surface area contributed by atoms with Gasteiger partial charge in [-0.2, -0.15) is 9.29 Å². The molecular formula is C23H26FN3O3S. The number of hydrogen-bond donors (Lipinski definition) is 0. The lowest BCUT2D eigenvalue weighted by Crippen LogP contribution is -2.39. The molecule has 0 spiro atoms. The highest BCUT2D eigenvalue weighted by atomic mass is 32.2. The molecule has 8 heteroatoms. The molecule has 0 bridgehead atoms. The monoisotopic (exact) mass is 443 g/mol. The summed E-state index contributed by atoms with van der Waals surface area (Å²) in [5.74, 6) is 0.255. The molecule has 6 nitrogen and oxygen atoms in total. The topological polar surface area (TPSA) is 76.3 Å². The van der Waals surface area contributed by atoms with Gasteiger partial charge in [0.15, 0.2) is 0 Å². The minimum absolute atomic E-state index is 0.0430. The maximum absolute atomic E-state index is 13.2. The van der Waals surface area contributed by atoms with Gasteiger partial charge in [-0.25, -0.2) is 12.8 Å². The maximum atomic E-state index is 13.2. The summed E-state index contributed by atoms with van der Waals surface area (Å²) >= 11 is 0. The molecule has 0 amide bonds. The Labute approximate surface area is 182 Å². The Balaban J connectivity index is 1.52. The van der Waals surface area contributed by atoms with Crippen molar-refractivity contribution < 1.29 is 17.3 Å². The van der Waals surface area contributed by atoms with Gasteiger partial charge in [-0.15, -0.1) is 0 Å². The molecule has 0 radical (unpaired) electrons. The van der Waals surface area contributed by atoms with Gasteiger partial charge < -0.3 is 4.52 Å². The van der Waals surface area contributed by atoms with Gasteiger partial charge in [-0.05, 0) is 60.2 Å². The SMILES string of the molecule is CC(C)(C)c1ccc(S(=O)(=O)N2CCC[C@H](c3nc(-c4ccc(F)cc4)no3)C2)cc1. The lowest BCUT2D eigenvalue weighted by molar-refractivity contribution is 0.265. The van der Waals surface area contributed by atoms with Crippen LogP contribution in [0.4, 0.5) is 4.39 Å². The van der Waals surface area contributed by atoms with E-state index in [1.165, 1.54) is 16.4 Å². The molecule has 0 unspecified atom stereocenters. The van der Waals surface area contributed by atoms with Crippen molar-refractivity contribution in [3.8, 4) is 11.4 Å². The summed E-state index contributed by atoms with van der Waals surface area (Å²) in [5, 5.41) is 3.99. The van der Waals surface area contributed by atoms with Crippen LogP contribution in [-0.2, 0) is 15.4 Å². The van der Waals surface area contributed by atoms with E-state index in [2.05, 4.69) is 30.9 Å². The van der Waals surface area contributed by atoms with E-state index in [0.29, 0.717) is 35.1 Å². The van der Waals surface area contributed by atoms with Gasteiger partial charge in [0.25, 0.3) is 0 Å². The van der Waals surface area contributed by atoms with Crippen LogP contribution in [0.2, 0.25) is 0 Å². The molecule has 0 aliphatic carbocycles. The van der Waals surface area contributed by atoms with Crippen molar-refractivity contribution in [2.24, 2.45) is 0 Å². The predicted octanol–water partition coefficient (Wildman–Crippen LogP) is 4.74. The van der Waals surface area contributed by atoms with Crippen LogP contribution in [0.15, 0.2) is 57.9 Å². The summed E-state index contributed by atoms with van der Waals surface area (Å²) in [5.41, 5.74) is 1.69. The molecule has 4 rings (SSSR count). The molecule has 1 fully saturated rings. The fourth-order valence-electron chi connectivity index (χ4n) is 3.76. The summed E-state index contributed by atoms with van der Waals surface area (Å²) in [6, 6.07) is 13.0. The maximum Gasteiger partial charge on any atom is 0.243 e. The molecule has 0 saturated carbocycles. The van der Waals surface area contributed by atoms with Crippen molar-refractivity contribution in [2.75, 3.05) is 13.1 Å². The van der Waals surface area contributed by atoms with Gasteiger partial charge in [-0.3, -0.25) is 0 Å². The van der Waals surface area contributed by atoms with Gasteiger partial charge in [-0.1, -0.05) is 38.1 Å². The van der Waals surface area contributed by atoms with Crippen molar-refractivity contribution in [2.45, 2.75) is 49.8 Å². The lowest BCUT2D eigenvalue weighted by atomic mass is 9.87. The fraction of sp³-hybridized carbons (Fsp3) is 0.391. The highest BCUT2D eigenvalue weighted by Gasteiger charge is 2.33. The third kappa shape index (κ3) is 4.55. The molecule has 1 saturated heterocycles. The van der Waals surface area contributed by atoms with Gasteiger partial charge in [0.05, 0.1) is 10.8 Å². The van der Waals surface area contributed by atoms with E-state index in [1.807, 2.05) is 12.1 Å². The van der Waals surface area contributed by atoms with Crippen LogP contribution in [0.3, 0.4) is 0 Å². The van der Waals surface area contributed by atoms with E-state index < -0.39 is 10.0 Å². The molecule has 1 atom stereocenters. The quantitative estimate of drug-likeness (QED) is 0.582. The van der Waals surface area contributed by atoms with Gasteiger partial charge in [0.1, 0.15) is 5.82 Å². The van der Waals surface area contributed by atoms with E-state index in [-0.39, 0.29) is 23.7 Å². The van der Waals surface area contributed by atoms with E-state index in [1.54, 1.807) is 24.3 Å². The highest BCUT2D eigenvalue weighted by molar-refractivity contribution is 7.89. The average Bonchev–Trinajstić information content (AvgIpc) is 3.24. The van der Waals surface area contributed by atoms with Gasteiger partial charge >= 0.3 is 0 Å². The van der Waals surface area contributed by atoms with Crippen molar-refractivity contribution >= 4 is 10.0 Å². The zero-order valence-corrected chi connectivity index (χ0v) is 18.7. The Morgan fingerprint density at radius 2 is 1.74 bits per heavy atom. The summed E-state index contributed by atoms with van der Waals surface area (Å²) < 4.78 is 46.5. The second-order valence-corrected chi connectivity index (χ2v) is 10.9. The van der Waals surface area contributed by atoms with Crippen LogP contribution >= 0.6 is 0 Å². The molecule has 2 aromatic carbocycles. The molecule has 1 aliphatic rings. The Morgan fingerprint density at radius 3 is 2.39 bits per heavy atom. The Morgan fingerprint density at radius 1 is 1.06 bits per heavy atom. The highest BCUT2D eigenvalue weighted by Crippen LogP contribution is 2.31. The fourth-order valence-corrected chi connectivity index (χ4v) is 5.28. The zero-order chi connectivity index (χ0) is 22.2. The first-order chi connectivity index (χ1) is 14.6. The Hall–Kier alpha value is -2.58. The summed E-state index contributed by atoms with van der Waals surface area (Å²) in [7, 11) is -3.61. The lowest BCUT2D eigenvalue weighted by Gasteiger charge is -2.30. The van der Waals surface area contributed by atoms with Crippen molar-refractivity contribution in [3.63, 3.8) is 0 Å².